The third-order valence-electron chi connectivity index (χ3n) is 5.83. The minimum Gasteiger partial charge on any atom is -0.314 e. The summed E-state index contributed by atoms with van der Waals surface area (Å²) in [4.78, 5) is 26.5. The van der Waals surface area contributed by atoms with Crippen molar-refractivity contribution in [3.8, 4) is 11.4 Å². The van der Waals surface area contributed by atoms with Gasteiger partial charge in [-0.3, -0.25) is 4.79 Å². The van der Waals surface area contributed by atoms with E-state index in [2.05, 4.69) is 27.2 Å². The zero-order valence-electron chi connectivity index (χ0n) is 17.2. The molecule has 8 heteroatoms. The zero-order chi connectivity index (χ0) is 21.0. The van der Waals surface area contributed by atoms with Crippen LogP contribution < -0.4 is 10.9 Å². The molecule has 0 spiro atoms. The van der Waals surface area contributed by atoms with Crippen LogP contribution in [0.3, 0.4) is 0 Å². The molecular formula is C22H23FN6O. The number of nitrogens with one attached hydrogen (secondary N) is 1. The fraction of sp³-hybridized carbons (Fsp3) is 0.364. The molecule has 4 aromatic rings. The van der Waals surface area contributed by atoms with Gasteiger partial charge < -0.3 is 14.3 Å². The summed E-state index contributed by atoms with van der Waals surface area (Å²) in [5.74, 6) is -0.0443. The second-order valence-electron chi connectivity index (χ2n) is 8.14. The van der Waals surface area contributed by atoms with E-state index in [0.717, 1.165) is 25.1 Å². The number of aryl methyl sites for hydroxylation is 2. The summed E-state index contributed by atoms with van der Waals surface area (Å²) in [5.41, 5.74) is 2.64. The Labute approximate surface area is 172 Å². The van der Waals surface area contributed by atoms with Gasteiger partial charge in [0.25, 0.3) is 5.56 Å². The van der Waals surface area contributed by atoms with Gasteiger partial charge in [0.15, 0.2) is 17.3 Å². The standard InChI is InChI=1S/C22H23FN6O/c1-12-8-16(4-6-24-12)29-7-5-18-19(22(29)30)14(3)26-20(27-18)15-9-17(23)21-25-13(2)10-28(21)11-15/h5,7,9-12,16,24H,4,6,8H2,1-3H3. The van der Waals surface area contributed by atoms with Crippen molar-refractivity contribution in [2.45, 2.75) is 45.7 Å². The van der Waals surface area contributed by atoms with Gasteiger partial charge in [0.2, 0.25) is 0 Å². The summed E-state index contributed by atoms with van der Waals surface area (Å²) in [6, 6.07) is 3.79. The Hall–Kier alpha value is -3.13. The Morgan fingerprint density at radius 2 is 2.03 bits per heavy atom. The van der Waals surface area contributed by atoms with E-state index in [9.17, 15) is 9.18 Å². The molecule has 2 unspecified atom stereocenters. The molecule has 154 valence electrons. The first-order chi connectivity index (χ1) is 14.4. The highest BCUT2D eigenvalue weighted by Gasteiger charge is 2.22. The lowest BCUT2D eigenvalue weighted by atomic mass is 10.00. The molecule has 30 heavy (non-hydrogen) atoms. The third-order valence-corrected chi connectivity index (χ3v) is 5.83. The Balaban J connectivity index is 1.63. The van der Waals surface area contributed by atoms with Crippen LogP contribution in [0.15, 0.2) is 35.5 Å². The van der Waals surface area contributed by atoms with E-state index in [1.165, 1.54) is 6.07 Å². The smallest absolute Gasteiger partial charge is 0.262 e. The van der Waals surface area contributed by atoms with Crippen LogP contribution in [-0.4, -0.2) is 36.5 Å². The van der Waals surface area contributed by atoms with Crippen LogP contribution in [0.1, 0.15) is 37.2 Å². The molecule has 0 aliphatic carbocycles. The number of hydrogen-bond acceptors (Lipinski definition) is 5. The van der Waals surface area contributed by atoms with Crippen LogP contribution in [0.4, 0.5) is 4.39 Å². The van der Waals surface area contributed by atoms with E-state index in [0.29, 0.717) is 34.0 Å². The summed E-state index contributed by atoms with van der Waals surface area (Å²) in [7, 11) is 0. The number of fused-ring (bicyclic) bond motifs is 2. The first-order valence-electron chi connectivity index (χ1n) is 10.2. The lowest BCUT2D eigenvalue weighted by Crippen LogP contribution is -2.39. The molecule has 5 heterocycles. The maximum Gasteiger partial charge on any atom is 0.262 e. The van der Waals surface area contributed by atoms with Crippen molar-refractivity contribution < 1.29 is 4.39 Å². The lowest BCUT2D eigenvalue weighted by Gasteiger charge is -2.29. The molecule has 0 aromatic carbocycles. The van der Waals surface area contributed by atoms with Crippen LogP contribution >= 0.6 is 0 Å². The van der Waals surface area contributed by atoms with Gasteiger partial charge in [-0.2, -0.15) is 0 Å². The van der Waals surface area contributed by atoms with Crippen LogP contribution in [0, 0.1) is 19.7 Å². The molecule has 0 saturated carbocycles. The van der Waals surface area contributed by atoms with Gasteiger partial charge in [-0.25, -0.2) is 19.3 Å². The van der Waals surface area contributed by atoms with Gasteiger partial charge in [0, 0.05) is 36.2 Å². The van der Waals surface area contributed by atoms with Gasteiger partial charge in [-0.05, 0) is 52.3 Å². The largest absolute Gasteiger partial charge is 0.314 e. The van der Waals surface area contributed by atoms with Crippen molar-refractivity contribution >= 4 is 16.6 Å². The minimum absolute atomic E-state index is 0.0671. The molecule has 0 amide bonds. The number of imidazole rings is 1. The third kappa shape index (κ3) is 3.08. The predicted molar refractivity (Wildman–Crippen MR) is 113 cm³/mol. The number of halogens is 1. The summed E-state index contributed by atoms with van der Waals surface area (Å²) in [5, 5.41) is 3.94. The van der Waals surface area contributed by atoms with Crippen LogP contribution in [0.2, 0.25) is 0 Å². The summed E-state index contributed by atoms with van der Waals surface area (Å²) in [6.07, 6.45) is 7.17. The molecule has 7 nitrogen and oxygen atoms in total. The SMILES string of the molecule is Cc1cn2cc(-c3nc(C)c4c(=O)n(C5CCNC(C)C5)ccc4n3)cc(F)c2n1. The molecule has 1 aliphatic heterocycles. The molecule has 0 bridgehead atoms. The second kappa shape index (κ2) is 6.98. The highest BCUT2D eigenvalue weighted by molar-refractivity contribution is 5.81. The van der Waals surface area contributed by atoms with Gasteiger partial charge in [-0.1, -0.05) is 0 Å². The Kier molecular flexibility index (Phi) is 4.39. The number of piperidine rings is 1. The van der Waals surface area contributed by atoms with Crippen molar-refractivity contribution in [2.75, 3.05) is 6.54 Å². The molecule has 0 radical (unpaired) electrons. The van der Waals surface area contributed by atoms with E-state index in [1.54, 1.807) is 23.7 Å². The number of rotatable bonds is 2. The molecule has 5 rings (SSSR count). The van der Waals surface area contributed by atoms with E-state index < -0.39 is 5.82 Å². The van der Waals surface area contributed by atoms with E-state index in [-0.39, 0.29) is 17.2 Å². The molecule has 1 aliphatic rings. The Morgan fingerprint density at radius 1 is 1.20 bits per heavy atom. The average molecular weight is 406 g/mol. The highest BCUT2D eigenvalue weighted by Crippen LogP contribution is 2.24. The maximum absolute atomic E-state index is 14.5. The number of hydrogen-bond donors (Lipinski definition) is 1. The Morgan fingerprint density at radius 3 is 2.83 bits per heavy atom. The molecule has 4 aromatic heterocycles. The molecular weight excluding hydrogens is 383 g/mol. The van der Waals surface area contributed by atoms with Crippen molar-refractivity contribution in [2.24, 2.45) is 0 Å². The van der Waals surface area contributed by atoms with E-state index >= 15 is 0 Å². The number of aromatic nitrogens is 5. The fourth-order valence-corrected chi connectivity index (χ4v) is 4.40. The lowest BCUT2D eigenvalue weighted by molar-refractivity contribution is 0.309. The van der Waals surface area contributed by atoms with Gasteiger partial charge >= 0.3 is 0 Å². The van der Waals surface area contributed by atoms with E-state index in [4.69, 9.17) is 0 Å². The zero-order valence-corrected chi connectivity index (χ0v) is 17.2. The monoisotopic (exact) mass is 406 g/mol. The molecule has 1 N–H and O–H groups in total. The van der Waals surface area contributed by atoms with Crippen LogP contribution in [0.25, 0.3) is 27.9 Å². The Bertz CT molecular complexity index is 1340. The molecule has 1 saturated heterocycles. The first kappa shape index (κ1) is 18.9. The number of pyridine rings is 2. The van der Waals surface area contributed by atoms with Crippen molar-refractivity contribution in [1.29, 1.82) is 0 Å². The number of nitrogens with zero attached hydrogens (tertiary/aromatic N) is 5. The van der Waals surface area contributed by atoms with Crippen LogP contribution in [-0.2, 0) is 0 Å². The predicted octanol–water partition coefficient (Wildman–Crippen LogP) is 3.18. The quantitative estimate of drug-likeness (QED) is 0.553. The van der Waals surface area contributed by atoms with Gasteiger partial charge in [0.05, 0.1) is 22.3 Å². The second-order valence-corrected chi connectivity index (χ2v) is 8.14. The normalized spacial score (nSPS) is 19.6. The van der Waals surface area contributed by atoms with Crippen molar-refractivity contribution in [1.82, 2.24) is 29.2 Å². The molecule has 1 fully saturated rings. The minimum atomic E-state index is -0.433. The fourth-order valence-electron chi connectivity index (χ4n) is 4.40. The van der Waals surface area contributed by atoms with Crippen molar-refractivity contribution in [3.05, 3.63) is 58.3 Å². The summed E-state index contributed by atoms with van der Waals surface area (Å²) >= 11 is 0. The molecule has 2 atom stereocenters. The van der Waals surface area contributed by atoms with Crippen molar-refractivity contribution in [3.63, 3.8) is 0 Å². The topological polar surface area (TPSA) is 77.1 Å². The van der Waals surface area contributed by atoms with Gasteiger partial charge in [-0.15, -0.1) is 0 Å². The van der Waals surface area contributed by atoms with Gasteiger partial charge in [0.1, 0.15) is 0 Å². The highest BCUT2D eigenvalue weighted by atomic mass is 19.1. The summed E-state index contributed by atoms with van der Waals surface area (Å²) in [6.45, 7) is 6.65. The average Bonchev–Trinajstić information content (AvgIpc) is 3.08. The van der Waals surface area contributed by atoms with E-state index in [1.807, 2.05) is 23.8 Å². The summed E-state index contributed by atoms with van der Waals surface area (Å²) < 4.78 is 18.0. The first-order valence-corrected chi connectivity index (χ1v) is 10.2. The van der Waals surface area contributed by atoms with Crippen LogP contribution in [0.5, 0.6) is 0 Å². The maximum atomic E-state index is 14.5.